The summed E-state index contributed by atoms with van der Waals surface area (Å²) in [6, 6.07) is 0. The van der Waals surface area contributed by atoms with Crippen LogP contribution in [0.2, 0.25) is 0 Å². The van der Waals surface area contributed by atoms with E-state index in [4.69, 9.17) is 0 Å². The van der Waals surface area contributed by atoms with Gasteiger partial charge >= 0.3 is 0 Å². The average Bonchev–Trinajstić information content (AvgIpc) is 2.73. The Hall–Kier alpha value is -1.98. The number of hydrogen-bond donors (Lipinski definition) is 1. The minimum absolute atomic E-state index is 0.168. The number of aliphatic hydroxyl groups excluding tert-OH is 1. The molecule has 0 fully saturated rings. The normalized spacial score (nSPS) is 14.6. The number of aliphatic carboxylic acids is 1. The van der Waals surface area contributed by atoms with E-state index in [-0.39, 0.29) is 13.0 Å². The summed E-state index contributed by atoms with van der Waals surface area (Å²) in [5.74, 6) is -3.35. The Kier molecular flexibility index (Phi) is 19.2. The van der Waals surface area contributed by atoms with Crippen LogP contribution in [0.15, 0.2) is 48.6 Å². The maximum atomic E-state index is 12.3. The number of carboxylic acids is 1. The molecular formula is C29H49NO4. The molecule has 0 aromatic rings. The zero-order valence-corrected chi connectivity index (χ0v) is 22.1. The number of carbonyl (C=O) groups excluding carboxylic acids is 2. The van der Waals surface area contributed by atoms with Crippen LogP contribution in [0, 0.1) is 5.92 Å². The van der Waals surface area contributed by atoms with E-state index in [1.165, 1.54) is 25.7 Å². The summed E-state index contributed by atoms with van der Waals surface area (Å²) in [7, 11) is 5.53. The van der Waals surface area contributed by atoms with Gasteiger partial charge in [0.25, 0.3) is 0 Å². The minimum Gasteiger partial charge on any atom is -0.549 e. The number of carbonyl (C=O) groups is 2. The molecule has 2 atom stereocenters. The lowest BCUT2D eigenvalue weighted by atomic mass is 9.93. The highest BCUT2D eigenvalue weighted by Crippen LogP contribution is 2.14. The van der Waals surface area contributed by atoms with E-state index < -0.39 is 23.8 Å². The predicted molar refractivity (Wildman–Crippen MR) is 140 cm³/mol. The lowest BCUT2D eigenvalue weighted by Crippen LogP contribution is -2.51. The topological polar surface area (TPSA) is 77.4 Å². The average molecular weight is 476 g/mol. The molecule has 0 aromatic carbocycles. The van der Waals surface area contributed by atoms with Crippen molar-refractivity contribution in [3.05, 3.63) is 48.6 Å². The van der Waals surface area contributed by atoms with Gasteiger partial charge in [0.05, 0.1) is 33.0 Å². The van der Waals surface area contributed by atoms with E-state index in [9.17, 15) is 19.8 Å². The maximum absolute atomic E-state index is 12.3. The van der Waals surface area contributed by atoms with Crippen LogP contribution in [0.3, 0.4) is 0 Å². The minimum atomic E-state index is -1.48. The first-order valence-electron chi connectivity index (χ1n) is 13.0. The number of quaternary nitrogens is 1. The van der Waals surface area contributed by atoms with E-state index in [2.05, 4.69) is 55.5 Å². The molecule has 0 radical (unpaired) electrons. The zero-order chi connectivity index (χ0) is 25.7. The molecular weight excluding hydrogens is 426 g/mol. The van der Waals surface area contributed by atoms with Gasteiger partial charge in [-0.25, -0.2) is 0 Å². The smallest absolute Gasteiger partial charge is 0.144 e. The van der Waals surface area contributed by atoms with Crippen molar-refractivity contribution in [1.29, 1.82) is 0 Å². The summed E-state index contributed by atoms with van der Waals surface area (Å²) >= 11 is 0. The summed E-state index contributed by atoms with van der Waals surface area (Å²) < 4.78 is 0.382. The van der Waals surface area contributed by atoms with E-state index in [0.717, 1.165) is 38.5 Å². The highest BCUT2D eigenvalue weighted by atomic mass is 16.4. The Balaban J connectivity index is 3.87. The number of nitrogens with zero attached hydrogens (tertiary/aromatic N) is 1. The number of likely N-dealkylation sites (N-methyl/N-ethyl adjacent to an activating group) is 1. The molecule has 0 saturated carbocycles. The number of allylic oxidation sites excluding steroid dienone is 8. The number of carboxylic acid groups (broad SMARTS) is 1. The fraction of sp³-hybridized carbons (Fsp3) is 0.655. The van der Waals surface area contributed by atoms with Crippen molar-refractivity contribution in [2.45, 2.75) is 90.1 Å². The van der Waals surface area contributed by atoms with Gasteiger partial charge in [0, 0.05) is 6.42 Å². The number of Topliss-reactive ketones (excluding diaryl/α,β-unsaturated/α-hetero) is 1. The molecule has 0 aliphatic heterocycles. The molecule has 0 rings (SSSR count). The van der Waals surface area contributed by atoms with Crippen LogP contribution in [0.4, 0.5) is 0 Å². The van der Waals surface area contributed by atoms with Gasteiger partial charge in [-0.15, -0.1) is 0 Å². The summed E-state index contributed by atoms with van der Waals surface area (Å²) in [6.07, 6.45) is 27.9. The Morgan fingerprint density at radius 3 is 1.68 bits per heavy atom. The second-order valence-electron chi connectivity index (χ2n) is 9.99. The van der Waals surface area contributed by atoms with Crippen molar-refractivity contribution in [3.63, 3.8) is 0 Å². The summed E-state index contributed by atoms with van der Waals surface area (Å²) in [5.41, 5.74) is 0. The number of aliphatic hydroxyl groups is 1. The molecule has 0 amide bonds. The van der Waals surface area contributed by atoms with Crippen molar-refractivity contribution >= 4 is 11.8 Å². The summed E-state index contributed by atoms with van der Waals surface area (Å²) in [4.78, 5) is 23.6. The van der Waals surface area contributed by atoms with E-state index in [1.807, 2.05) is 21.1 Å². The largest absolute Gasteiger partial charge is 0.549 e. The van der Waals surface area contributed by atoms with Crippen molar-refractivity contribution < 1.29 is 24.3 Å². The van der Waals surface area contributed by atoms with Gasteiger partial charge in [-0.1, -0.05) is 74.8 Å². The third-order valence-electron chi connectivity index (χ3n) is 5.47. The molecule has 0 spiro atoms. The molecule has 0 aliphatic carbocycles. The van der Waals surface area contributed by atoms with E-state index >= 15 is 0 Å². The Morgan fingerprint density at radius 2 is 1.24 bits per heavy atom. The quantitative estimate of drug-likeness (QED) is 0.111. The summed E-state index contributed by atoms with van der Waals surface area (Å²) in [5, 5.41) is 21.5. The molecule has 0 heterocycles. The van der Waals surface area contributed by atoms with Crippen molar-refractivity contribution in [1.82, 2.24) is 0 Å². The second kappa shape index (κ2) is 20.4. The highest BCUT2D eigenvalue weighted by molar-refractivity contribution is 5.98. The Labute approximate surface area is 208 Å². The van der Waals surface area contributed by atoms with Crippen LogP contribution < -0.4 is 5.11 Å². The van der Waals surface area contributed by atoms with Gasteiger partial charge in [-0.3, -0.25) is 4.79 Å². The van der Waals surface area contributed by atoms with Crippen molar-refractivity contribution in [2.75, 3.05) is 27.7 Å². The SMILES string of the molecule is CCCCC/C=C\C/C=C\C/C=C\C/C=C\CCCCCC(=O)C(C(=O)[O-])C(O)C[N+](C)(C)C. The van der Waals surface area contributed by atoms with E-state index in [0.29, 0.717) is 10.9 Å². The van der Waals surface area contributed by atoms with Crippen LogP contribution >= 0.6 is 0 Å². The van der Waals surface area contributed by atoms with Gasteiger partial charge in [-0.2, -0.15) is 0 Å². The summed E-state index contributed by atoms with van der Waals surface area (Å²) in [6.45, 7) is 2.42. The molecule has 0 bridgehead atoms. The van der Waals surface area contributed by atoms with Crippen LogP contribution in [0.25, 0.3) is 0 Å². The van der Waals surface area contributed by atoms with Gasteiger partial charge < -0.3 is 19.5 Å². The van der Waals surface area contributed by atoms with Crippen LogP contribution in [0.5, 0.6) is 0 Å². The van der Waals surface area contributed by atoms with Gasteiger partial charge in [-0.05, 0) is 51.4 Å². The first-order valence-corrected chi connectivity index (χ1v) is 13.0. The number of unbranched alkanes of at least 4 members (excludes halogenated alkanes) is 6. The molecule has 0 saturated heterocycles. The van der Waals surface area contributed by atoms with E-state index in [1.54, 1.807) is 0 Å². The molecule has 5 heteroatoms. The molecule has 1 N–H and O–H groups in total. The Morgan fingerprint density at radius 1 is 0.765 bits per heavy atom. The first kappa shape index (κ1) is 32.0. The lowest BCUT2D eigenvalue weighted by Gasteiger charge is -2.30. The number of rotatable bonds is 21. The molecule has 194 valence electrons. The van der Waals surface area contributed by atoms with Crippen molar-refractivity contribution in [3.8, 4) is 0 Å². The second-order valence-corrected chi connectivity index (χ2v) is 9.99. The third kappa shape index (κ3) is 19.5. The zero-order valence-electron chi connectivity index (χ0n) is 22.1. The molecule has 2 unspecified atom stereocenters. The standard InChI is InChI=1S/C29H49NO4/c1-5-6-7-8-9-10-11-12-13-14-15-16-17-18-19-20-21-22-23-24-26(31)28(29(33)34)27(32)25-30(2,3)4/h9-10,12-13,15-16,18-19,27-28,32H,5-8,11,14,17,20-25H2,1-4H3/b10-9-,13-12-,16-15-,19-18-. The first-order chi connectivity index (χ1) is 16.2. The van der Waals surface area contributed by atoms with Gasteiger partial charge in [0.2, 0.25) is 0 Å². The van der Waals surface area contributed by atoms with Gasteiger partial charge in [0.15, 0.2) is 0 Å². The maximum Gasteiger partial charge on any atom is 0.144 e. The predicted octanol–water partition coefficient (Wildman–Crippen LogP) is 4.91. The van der Waals surface area contributed by atoms with Crippen LogP contribution in [-0.4, -0.2) is 55.1 Å². The molecule has 34 heavy (non-hydrogen) atoms. The third-order valence-corrected chi connectivity index (χ3v) is 5.47. The fourth-order valence-electron chi connectivity index (χ4n) is 3.62. The van der Waals surface area contributed by atoms with Crippen LogP contribution in [-0.2, 0) is 9.59 Å². The fourth-order valence-corrected chi connectivity index (χ4v) is 3.62. The molecule has 5 nitrogen and oxygen atoms in total. The number of hydrogen-bond acceptors (Lipinski definition) is 4. The van der Waals surface area contributed by atoms with Gasteiger partial charge in [0.1, 0.15) is 18.4 Å². The molecule has 0 aromatic heterocycles. The van der Waals surface area contributed by atoms with Crippen LogP contribution in [0.1, 0.15) is 84.0 Å². The number of ketones is 1. The highest BCUT2D eigenvalue weighted by Gasteiger charge is 2.31. The molecule has 0 aliphatic rings. The van der Waals surface area contributed by atoms with Crippen molar-refractivity contribution in [2.24, 2.45) is 5.92 Å². The Bertz CT molecular complexity index is 656. The lowest BCUT2D eigenvalue weighted by molar-refractivity contribution is -0.873. The monoisotopic (exact) mass is 475 g/mol.